The van der Waals surface area contributed by atoms with Crippen LogP contribution in [0.2, 0.25) is 5.02 Å². The average Bonchev–Trinajstić information content (AvgIpc) is 3.49. The molecule has 2 amide bonds. The lowest BCUT2D eigenvalue weighted by molar-refractivity contribution is -0.124. The van der Waals surface area contributed by atoms with Crippen LogP contribution in [0.15, 0.2) is 36.0 Å². The molecule has 0 unspecified atom stereocenters. The third kappa shape index (κ3) is 4.61. The summed E-state index contributed by atoms with van der Waals surface area (Å²) in [4.78, 5) is 33.1. The monoisotopic (exact) mass is 506 g/mol. The van der Waals surface area contributed by atoms with Gasteiger partial charge in [-0.25, -0.2) is 4.98 Å². The van der Waals surface area contributed by atoms with Crippen LogP contribution in [0.25, 0.3) is 11.7 Å². The summed E-state index contributed by atoms with van der Waals surface area (Å²) in [5, 5.41) is 14.3. The summed E-state index contributed by atoms with van der Waals surface area (Å²) in [6.07, 6.45) is 5.60. The van der Waals surface area contributed by atoms with Gasteiger partial charge >= 0.3 is 0 Å². The summed E-state index contributed by atoms with van der Waals surface area (Å²) in [5.41, 5.74) is 3.49. The highest BCUT2D eigenvalue weighted by Gasteiger charge is 2.26. The number of piperazine rings is 1. The van der Waals surface area contributed by atoms with Crippen LogP contribution in [0.5, 0.6) is 0 Å². The Bertz CT molecular complexity index is 1390. The summed E-state index contributed by atoms with van der Waals surface area (Å²) < 4.78 is 1.72. The Morgan fingerprint density at radius 3 is 2.64 bits per heavy atom. The molecule has 1 aliphatic carbocycles. The molecule has 10 nitrogen and oxygen atoms in total. The predicted octanol–water partition coefficient (Wildman–Crippen LogP) is 2.88. The highest BCUT2D eigenvalue weighted by Crippen LogP contribution is 2.32. The first-order valence-corrected chi connectivity index (χ1v) is 12.5. The van der Waals surface area contributed by atoms with Gasteiger partial charge in [0, 0.05) is 55.1 Å². The Hall–Kier alpha value is -3.63. The van der Waals surface area contributed by atoms with Crippen LogP contribution in [0.3, 0.4) is 0 Å². The van der Waals surface area contributed by atoms with Crippen molar-refractivity contribution in [2.75, 3.05) is 48.8 Å². The fourth-order valence-corrected chi connectivity index (χ4v) is 4.72. The van der Waals surface area contributed by atoms with E-state index in [9.17, 15) is 9.59 Å². The van der Waals surface area contributed by atoms with Gasteiger partial charge in [0.1, 0.15) is 11.6 Å². The van der Waals surface area contributed by atoms with Gasteiger partial charge in [-0.3, -0.25) is 14.9 Å². The molecular weight excluding hydrogens is 480 g/mol. The lowest BCUT2D eigenvalue weighted by Crippen LogP contribution is -2.44. The van der Waals surface area contributed by atoms with Gasteiger partial charge in [0.2, 0.25) is 5.91 Å². The molecule has 2 aliphatic heterocycles. The molecule has 6 rings (SSSR count). The minimum absolute atomic E-state index is 0.0521. The summed E-state index contributed by atoms with van der Waals surface area (Å²) in [7, 11) is 2.14. The Labute approximate surface area is 213 Å². The molecule has 2 saturated heterocycles. The Balaban J connectivity index is 1.32. The molecule has 3 N–H and O–H groups in total. The summed E-state index contributed by atoms with van der Waals surface area (Å²) in [5.74, 6) is 0.722. The Morgan fingerprint density at radius 2 is 1.94 bits per heavy atom. The summed E-state index contributed by atoms with van der Waals surface area (Å²) >= 11 is 6.69. The van der Waals surface area contributed by atoms with Crippen molar-refractivity contribution in [1.82, 2.24) is 24.8 Å². The van der Waals surface area contributed by atoms with E-state index in [1.807, 2.05) is 18.2 Å². The number of rotatable bonds is 6. The molecule has 3 fully saturated rings. The summed E-state index contributed by atoms with van der Waals surface area (Å²) in [6, 6.07) is 8.35. The molecule has 0 spiro atoms. The maximum Gasteiger partial charge on any atom is 0.254 e. The number of carbonyl (C=O) groups is 2. The summed E-state index contributed by atoms with van der Waals surface area (Å²) in [6.45, 7) is 3.99. The zero-order chi connectivity index (χ0) is 24.8. The number of hydrogen-bond donors (Lipinski definition) is 3. The van der Waals surface area contributed by atoms with Crippen molar-refractivity contribution in [1.29, 1.82) is 0 Å². The molecule has 1 saturated carbocycles. The van der Waals surface area contributed by atoms with Crippen molar-refractivity contribution < 1.29 is 9.59 Å². The van der Waals surface area contributed by atoms with Gasteiger partial charge in [0.25, 0.3) is 5.91 Å². The highest BCUT2D eigenvalue weighted by atomic mass is 35.5. The fourth-order valence-electron chi connectivity index (χ4n) is 4.50. The van der Waals surface area contributed by atoms with Crippen molar-refractivity contribution in [3.05, 3.63) is 46.6 Å². The van der Waals surface area contributed by atoms with E-state index in [0.717, 1.165) is 56.2 Å². The second kappa shape index (κ2) is 9.11. The van der Waals surface area contributed by atoms with E-state index in [1.54, 1.807) is 16.8 Å². The second-order valence-corrected chi connectivity index (χ2v) is 9.99. The number of nitrogens with one attached hydrogen (secondary N) is 3. The van der Waals surface area contributed by atoms with Crippen LogP contribution in [0.4, 0.5) is 23.0 Å². The van der Waals surface area contributed by atoms with E-state index >= 15 is 0 Å². The standard InChI is InChI=1S/C25H27ClN8O2/c1-32-6-8-33(9-7-32)18-4-5-20(19(26)12-18)29-21-13-22(28-17-2-3-17)34-24(30-21)16(14-27-34)10-15-11-23(35)31-25(15)36/h4-5,10,12-14,17,28H,2-3,6-9,11H2,1H3,(H,29,30)(H,31,35,36)/b15-10+. The van der Waals surface area contributed by atoms with Crippen molar-refractivity contribution in [3.63, 3.8) is 0 Å². The molecule has 11 heteroatoms. The molecule has 2 aromatic heterocycles. The van der Waals surface area contributed by atoms with Crippen LogP contribution in [-0.2, 0) is 9.59 Å². The maximum absolute atomic E-state index is 12.1. The zero-order valence-corrected chi connectivity index (χ0v) is 20.7. The highest BCUT2D eigenvalue weighted by molar-refractivity contribution is 6.33. The SMILES string of the molecule is CN1CCN(c2ccc(Nc3cc(NC4CC4)n4ncc(/C=C5\CC(=O)NC5=O)c4n3)c(Cl)c2)CC1. The van der Waals surface area contributed by atoms with Crippen molar-refractivity contribution in [2.24, 2.45) is 0 Å². The van der Waals surface area contributed by atoms with Crippen molar-refractivity contribution in [2.45, 2.75) is 25.3 Å². The van der Waals surface area contributed by atoms with Crippen molar-refractivity contribution >= 4 is 58.1 Å². The number of nitrogens with zero attached hydrogens (tertiary/aromatic N) is 5. The molecule has 186 valence electrons. The molecule has 3 aromatic rings. The van der Waals surface area contributed by atoms with Crippen molar-refractivity contribution in [3.8, 4) is 0 Å². The molecule has 1 aromatic carbocycles. The van der Waals surface area contributed by atoms with E-state index in [-0.39, 0.29) is 18.2 Å². The van der Waals surface area contributed by atoms with Gasteiger partial charge in [-0.05, 0) is 44.2 Å². The number of fused-ring (bicyclic) bond motifs is 1. The minimum Gasteiger partial charge on any atom is -0.369 e. The van der Waals surface area contributed by atoms with Crippen LogP contribution in [-0.4, -0.2) is 70.6 Å². The normalized spacial score (nSPS) is 19.8. The fraction of sp³-hybridized carbons (Fsp3) is 0.360. The van der Waals surface area contributed by atoms with Crippen LogP contribution in [0.1, 0.15) is 24.8 Å². The largest absolute Gasteiger partial charge is 0.369 e. The van der Waals surface area contributed by atoms with E-state index in [2.05, 4.69) is 44.0 Å². The van der Waals surface area contributed by atoms with Gasteiger partial charge in [-0.2, -0.15) is 9.61 Å². The molecule has 3 aliphatic rings. The topological polar surface area (TPSA) is 107 Å². The molecule has 0 atom stereocenters. The first-order chi connectivity index (χ1) is 17.4. The van der Waals surface area contributed by atoms with Crippen LogP contribution < -0.4 is 20.9 Å². The first-order valence-electron chi connectivity index (χ1n) is 12.1. The minimum atomic E-state index is -0.378. The molecule has 0 bridgehead atoms. The van der Waals surface area contributed by atoms with Crippen LogP contribution >= 0.6 is 11.6 Å². The van der Waals surface area contributed by atoms with E-state index < -0.39 is 0 Å². The number of benzene rings is 1. The number of anilines is 4. The van der Waals surface area contributed by atoms with Crippen LogP contribution in [0, 0.1) is 0 Å². The number of halogens is 1. The number of aromatic nitrogens is 3. The van der Waals surface area contributed by atoms with Gasteiger partial charge in [0.15, 0.2) is 5.65 Å². The van der Waals surface area contributed by atoms with Gasteiger partial charge < -0.3 is 20.4 Å². The number of likely N-dealkylation sites (N-methyl/N-ethyl adjacent to an activating group) is 1. The Kier molecular flexibility index (Phi) is 5.77. The second-order valence-electron chi connectivity index (χ2n) is 9.58. The Morgan fingerprint density at radius 1 is 1.14 bits per heavy atom. The predicted molar refractivity (Wildman–Crippen MR) is 140 cm³/mol. The lowest BCUT2D eigenvalue weighted by Gasteiger charge is -2.34. The smallest absolute Gasteiger partial charge is 0.254 e. The number of hydrogen-bond acceptors (Lipinski definition) is 8. The number of carbonyl (C=O) groups excluding carboxylic acids is 2. The van der Waals surface area contributed by atoms with Gasteiger partial charge in [0.05, 0.1) is 23.3 Å². The lowest BCUT2D eigenvalue weighted by atomic mass is 10.1. The third-order valence-electron chi connectivity index (χ3n) is 6.74. The third-order valence-corrected chi connectivity index (χ3v) is 7.05. The van der Waals surface area contributed by atoms with Gasteiger partial charge in [-0.1, -0.05) is 11.6 Å². The maximum atomic E-state index is 12.1. The molecule has 4 heterocycles. The van der Waals surface area contributed by atoms with E-state index in [1.165, 1.54) is 0 Å². The number of amides is 2. The zero-order valence-electron chi connectivity index (χ0n) is 19.9. The molecular formula is C25H27ClN8O2. The first kappa shape index (κ1) is 22.8. The van der Waals surface area contributed by atoms with E-state index in [4.69, 9.17) is 16.6 Å². The quantitative estimate of drug-likeness (QED) is 0.346. The number of imide groups is 1. The molecule has 36 heavy (non-hydrogen) atoms. The van der Waals surface area contributed by atoms with E-state index in [0.29, 0.717) is 33.7 Å². The average molecular weight is 507 g/mol. The van der Waals surface area contributed by atoms with Gasteiger partial charge in [-0.15, -0.1) is 0 Å². The molecule has 0 radical (unpaired) electrons.